The number of nitrogens with one attached hydrogen (secondary N) is 1. The van der Waals surface area contributed by atoms with Crippen LogP contribution in [-0.2, 0) is 11.2 Å². The Hall–Kier alpha value is -4.00. The summed E-state index contributed by atoms with van der Waals surface area (Å²) < 4.78 is 7.85. The summed E-state index contributed by atoms with van der Waals surface area (Å²) in [5, 5.41) is 2.94. The van der Waals surface area contributed by atoms with E-state index >= 15 is 0 Å². The van der Waals surface area contributed by atoms with Crippen LogP contribution in [0.1, 0.15) is 35.6 Å². The first-order valence-electron chi connectivity index (χ1n) is 11.0. The highest BCUT2D eigenvalue weighted by Gasteiger charge is 2.10. The van der Waals surface area contributed by atoms with Crippen LogP contribution in [0.15, 0.2) is 67.0 Å². The zero-order valence-corrected chi connectivity index (χ0v) is 19.1. The average molecular weight is 442 g/mol. The summed E-state index contributed by atoms with van der Waals surface area (Å²) in [6.45, 7) is 5.78. The summed E-state index contributed by atoms with van der Waals surface area (Å²) in [7, 11) is 0. The molecule has 0 spiro atoms. The van der Waals surface area contributed by atoms with Gasteiger partial charge in [-0.3, -0.25) is 9.36 Å². The van der Waals surface area contributed by atoms with Gasteiger partial charge in [0.15, 0.2) is 0 Å². The second-order valence-electron chi connectivity index (χ2n) is 7.91. The number of nitrogens with zero attached hydrogens (tertiary/aromatic N) is 4. The summed E-state index contributed by atoms with van der Waals surface area (Å²) in [5.74, 6) is 2.38. The highest BCUT2D eigenvalue weighted by Crippen LogP contribution is 2.24. The van der Waals surface area contributed by atoms with Crippen molar-refractivity contribution >= 4 is 11.6 Å². The van der Waals surface area contributed by atoms with Gasteiger partial charge in [0.25, 0.3) is 0 Å². The van der Waals surface area contributed by atoms with Crippen LogP contribution >= 0.6 is 0 Å². The van der Waals surface area contributed by atoms with Crippen LogP contribution in [0.3, 0.4) is 0 Å². The van der Waals surface area contributed by atoms with E-state index in [1.54, 1.807) is 12.4 Å². The number of imidazole rings is 1. The number of aryl methyl sites for hydroxylation is 3. The molecule has 2 aromatic heterocycles. The first-order valence-corrected chi connectivity index (χ1v) is 11.0. The highest BCUT2D eigenvalue weighted by molar-refractivity contribution is 5.90. The molecule has 2 aromatic carbocycles. The van der Waals surface area contributed by atoms with Crippen molar-refractivity contribution in [2.45, 2.75) is 40.0 Å². The Bertz CT molecular complexity index is 1230. The Kier molecular flexibility index (Phi) is 6.78. The number of hydrogen-bond acceptors (Lipinski definition) is 5. The van der Waals surface area contributed by atoms with Crippen molar-refractivity contribution in [2.24, 2.45) is 0 Å². The maximum Gasteiger partial charge on any atom is 0.224 e. The number of benzene rings is 2. The molecular weight excluding hydrogens is 414 g/mol. The maximum atomic E-state index is 12.3. The second-order valence-corrected chi connectivity index (χ2v) is 7.91. The predicted molar refractivity (Wildman–Crippen MR) is 128 cm³/mol. The van der Waals surface area contributed by atoms with Crippen LogP contribution < -0.4 is 10.1 Å². The van der Waals surface area contributed by atoms with E-state index in [0.29, 0.717) is 29.7 Å². The van der Waals surface area contributed by atoms with E-state index in [0.717, 1.165) is 29.9 Å². The van der Waals surface area contributed by atoms with Gasteiger partial charge in [-0.2, -0.15) is 4.98 Å². The van der Waals surface area contributed by atoms with E-state index in [2.05, 4.69) is 32.4 Å². The third-order valence-electron chi connectivity index (χ3n) is 5.37. The molecule has 1 amide bonds. The van der Waals surface area contributed by atoms with Gasteiger partial charge >= 0.3 is 0 Å². The lowest BCUT2D eigenvalue weighted by Crippen LogP contribution is -2.11. The Morgan fingerprint density at radius 1 is 1.00 bits per heavy atom. The number of hydrogen-bond donors (Lipinski definition) is 1. The fraction of sp³-hybridized carbons (Fsp3) is 0.231. The Morgan fingerprint density at radius 2 is 1.76 bits per heavy atom. The van der Waals surface area contributed by atoms with Gasteiger partial charge in [0.2, 0.25) is 11.8 Å². The quantitative estimate of drug-likeness (QED) is 0.399. The van der Waals surface area contributed by atoms with Crippen LogP contribution in [0.25, 0.3) is 5.82 Å². The van der Waals surface area contributed by atoms with Gasteiger partial charge in [-0.1, -0.05) is 30.3 Å². The monoisotopic (exact) mass is 441 g/mol. The molecule has 0 bridgehead atoms. The Balaban J connectivity index is 1.35. The van der Waals surface area contributed by atoms with Crippen molar-refractivity contribution in [1.82, 2.24) is 19.5 Å². The number of carbonyl (C=O) groups is 1. The molecule has 0 fully saturated rings. The lowest BCUT2D eigenvalue weighted by Gasteiger charge is -2.10. The molecule has 7 nitrogen and oxygen atoms in total. The number of aromatic nitrogens is 4. The molecule has 2 heterocycles. The molecule has 1 N–H and O–H groups in total. The molecule has 0 saturated carbocycles. The fourth-order valence-corrected chi connectivity index (χ4v) is 3.48. The van der Waals surface area contributed by atoms with Gasteiger partial charge in [-0.25, -0.2) is 9.97 Å². The van der Waals surface area contributed by atoms with Crippen molar-refractivity contribution in [1.29, 1.82) is 0 Å². The number of carbonyl (C=O) groups excluding carboxylic acids is 1. The van der Waals surface area contributed by atoms with Crippen LogP contribution in [0.4, 0.5) is 5.69 Å². The minimum atomic E-state index is 0.00154. The van der Waals surface area contributed by atoms with Gasteiger partial charge in [0, 0.05) is 23.9 Å². The zero-order valence-electron chi connectivity index (χ0n) is 19.1. The van der Waals surface area contributed by atoms with Crippen molar-refractivity contribution < 1.29 is 9.53 Å². The summed E-state index contributed by atoms with van der Waals surface area (Å²) >= 11 is 0. The smallest absolute Gasteiger partial charge is 0.224 e. The van der Waals surface area contributed by atoms with E-state index in [9.17, 15) is 4.79 Å². The number of anilines is 1. The van der Waals surface area contributed by atoms with E-state index in [-0.39, 0.29) is 5.91 Å². The molecule has 0 aliphatic heterocycles. The van der Waals surface area contributed by atoms with Gasteiger partial charge in [0.1, 0.15) is 23.7 Å². The molecule has 0 saturated heterocycles. The SMILES string of the molecule is Cc1nc(Oc2ccc(NC(=O)CCCc3ccccc3)cc2)cc(-n2cnc(C)c2C)n1. The van der Waals surface area contributed by atoms with Crippen LogP contribution in [0, 0.1) is 20.8 Å². The molecule has 0 atom stereocenters. The number of ether oxygens (including phenoxy) is 1. The molecule has 7 heteroatoms. The number of amides is 1. The molecule has 0 radical (unpaired) electrons. The normalized spacial score (nSPS) is 10.8. The van der Waals surface area contributed by atoms with Gasteiger partial charge in [-0.05, 0) is 63.4 Å². The van der Waals surface area contributed by atoms with E-state index < -0.39 is 0 Å². The van der Waals surface area contributed by atoms with Crippen molar-refractivity contribution in [3.63, 3.8) is 0 Å². The minimum Gasteiger partial charge on any atom is -0.439 e. The second kappa shape index (κ2) is 10.1. The van der Waals surface area contributed by atoms with Gasteiger partial charge in [-0.15, -0.1) is 0 Å². The Labute approximate surface area is 193 Å². The molecule has 168 valence electrons. The molecule has 4 aromatic rings. The van der Waals surface area contributed by atoms with E-state index in [4.69, 9.17) is 4.74 Å². The molecule has 0 aliphatic rings. The van der Waals surface area contributed by atoms with E-state index in [1.165, 1.54) is 5.56 Å². The minimum absolute atomic E-state index is 0.00154. The van der Waals surface area contributed by atoms with Gasteiger partial charge in [0.05, 0.1) is 5.69 Å². The lowest BCUT2D eigenvalue weighted by atomic mass is 10.1. The summed E-state index contributed by atoms with van der Waals surface area (Å²) in [5.41, 5.74) is 3.94. The van der Waals surface area contributed by atoms with Crippen LogP contribution in [-0.4, -0.2) is 25.4 Å². The number of rotatable bonds is 8. The summed E-state index contributed by atoms with van der Waals surface area (Å²) in [6.07, 6.45) is 3.92. The largest absolute Gasteiger partial charge is 0.439 e. The fourth-order valence-electron chi connectivity index (χ4n) is 3.48. The third-order valence-corrected chi connectivity index (χ3v) is 5.37. The first-order chi connectivity index (χ1) is 16.0. The van der Waals surface area contributed by atoms with Crippen molar-refractivity contribution in [2.75, 3.05) is 5.32 Å². The maximum absolute atomic E-state index is 12.3. The molecule has 0 aliphatic carbocycles. The molecule has 4 rings (SSSR count). The molecular formula is C26H27N5O2. The highest BCUT2D eigenvalue weighted by atomic mass is 16.5. The lowest BCUT2D eigenvalue weighted by molar-refractivity contribution is -0.116. The topological polar surface area (TPSA) is 81.9 Å². The first kappa shape index (κ1) is 22.2. The zero-order chi connectivity index (χ0) is 23.2. The van der Waals surface area contributed by atoms with Crippen LogP contribution in [0.2, 0.25) is 0 Å². The molecule has 0 unspecified atom stereocenters. The van der Waals surface area contributed by atoms with Gasteiger partial charge < -0.3 is 10.1 Å². The average Bonchev–Trinajstić information content (AvgIpc) is 3.14. The summed E-state index contributed by atoms with van der Waals surface area (Å²) in [4.78, 5) is 25.5. The van der Waals surface area contributed by atoms with E-state index in [1.807, 2.05) is 67.8 Å². The summed E-state index contributed by atoms with van der Waals surface area (Å²) in [6, 6.07) is 19.2. The Morgan fingerprint density at radius 3 is 2.45 bits per heavy atom. The van der Waals surface area contributed by atoms with Crippen molar-refractivity contribution in [3.05, 3.63) is 89.8 Å². The standard InChI is InChI=1S/C26H27N5O2/c1-18-19(2)31(17-27-18)24-16-26(29-20(3)28-24)33-23-14-12-22(13-15-23)30-25(32)11-7-10-21-8-5-4-6-9-21/h4-6,8-9,12-17H,7,10-11H2,1-3H3,(H,30,32). The van der Waals surface area contributed by atoms with Crippen LogP contribution in [0.5, 0.6) is 11.6 Å². The molecule has 33 heavy (non-hydrogen) atoms. The predicted octanol–water partition coefficient (Wildman–Crippen LogP) is 5.34. The third kappa shape index (κ3) is 5.83. The van der Waals surface area contributed by atoms with Crippen molar-refractivity contribution in [3.8, 4) is 17.4 Å².